The maximum Gasteiger partial charge on any atom is 0.132 e. The number of ether oxygens (including phenoxy) is 1. The molecular formula is C10H13FO2. The summed E-state index contributed by atoms with van der Waals surface area (Å²) in [5, 5.41) is 8.71. The smallest absolute Gasteiger partial charge is 0.132 e. The van der Waals surface area contributed by atoms with E-state index in [1.54, 1.807) is 6.07 Å². The van der Waals surface area contributed by atoms with Gasteiger partial charge in [-0.15, -0.1) is 0 Å². The van der Waals surface area contributed by atoms with E-state index in [2.05, 4.69) is 0 Å². The second-order valence-electron chi connectivity index (χ2n) is 3.08. The van der Waals surface area contributed by atoms with Gasteiger partial charge in [-0.05, 0) is 19.9 Å². The third kappa shape index (κ3) is 2.70. The second-order valence-corrected chi connectivity index (χ2v) is 3.08. The summed E-state index contributed by atoms with van der Waals surface area (Å²) in [4.78, 5) is 0. The summed E-state index contributed by atoms with van der Waals surface area (Å²) in [6.07, 6.45) is 0.0272. The van der Waals surface area contributed by atoms with Crippen molar-refractivity contribution in [2.45, 2.75) is 26.6 Å². The molecule has 0 saturated heterocycles. The van der Waals surface area contributed by atoms with Crippen LogP contribution in [0.5, 0.6) is 5.75 Å². The normalized spacial score (nSPS) is 10.5. The molecule has 0 spiro atoms. The lowest BCUT2D eigenvalue weighted by Gasteiger charge is -2.10. The molecule has 0 unspecified atom stereocenters. The van der Waals surface area contributed by atoms with Crippen LogP contribution in [0, 0.1) is 5.82 Å². The fourth-order valence-corrected chi connectivity index (χ4v) is 1.00. The molecule has 0 aliphatic carbocycles. The van der Waals surface area contributed by atoms with Crippen LogP contribution in [-0.2, 0) is 6.61 Å². The molecular weight excluding hydrogens is 171 g/mol. The molecule has 2 nitrogen and oxygen atoms in total. The summed E-state index contributed by atoms with van der Waals surface area (Å²) in [6.45, 7) is 3.46. The van der Waals surface area contributed by atoms with Gasteiger partial charge in [0.25, 0.3) is 0 Å². The van der Waals surface area contributed by atoms with E-state index in [1.165, 1.54) is 12.1 Å². The van der Waals surface area contributed by atoms with Gasteiger partial charge in [-0.1, -0.05) is 6.07 Å². The van der Waals surface area contributed by atoms with Crippen LogP contribution < -0.4 is 4.74 Å². The van der Waals surface area contributed by atoms with Crippen molar-refractivity contribution in [2.75, 3.05) is 0 Å². The largest absolute Gasteiger partial charge is 0.491 e. The molecule has 1 rings (SSSR count). The number of aliphatic hydroxyl groups excluding tert-OH is 1. The molecule has 0 atom stereocenters. The average Bonchev–Trinajstić information content (AvgIpc) is 2.03. The molecule has 0 fully saturated rings. The zero-order valence-corrected chi connectivity index (χ0v) is 7.75. The van der Waals surface area contributed by atoms with Gasteiger partial charge in [0.2, 0.25) is 0 Å². The van der Waals surface area contributed by atoms with E-state index in [1.807, 2.05) is 13.8 Å². The highest BCUT2D eigenvalue weighted by Gasteiger charge is 2.03. The van der Waals surface area contributed by atoms with E-state index < -0.39 is 5.82 Å². The van der Waals surface area contributed by atoms with Crippen molar-refractivity contribution in [3.63, 3.8) is 0 Å². The van der Waals surface area contributed by atoms with Gasteiger partial charge in [-0.3, -0.25) is 0 Å². The molecule has 0 aliphatic rings. The first-order valence-electron chi connectivity index (χ1n) is 4.19. The minimum atomic E-state index is -0.430. The van der Waals surface area contributed by atoms with Gasteiger partial charge in [0, 0.05) is 11.6 Å². The van der Waals surface area contributed by atoms with Gasteiger partial charge in [-0.25, -0.2) is 4.39 Å². The SMILES string of the molecule is CC(C)Oc1ccc(CO)c(F)c1. The van der Waals surface area contributed by atoms with Gasteiger partial charge in [0.1, 0.15) is 11.6 Å². The average molecular weight is 184 g/mol. The fraction of sp³-hybridized carbons (Fsp3) is 0.400. The van der Waals surface area contributed by atoms with E-state index in [4.69, 9.17) is 9.84 Å². The number of rotatable bonds is 3. The van der Waals surface area contributed by atoms with Crippen molar-refractivity contribution in [1.29, 1.82) is 0 Å². The molecule has 0 aliphatic heterocycles. The first kappa shape index (κ1) is 9.99. The van der Waals surface area contributed by atoms with E-state index in [9.17, 15) is 4.39 Å². The third-order valence-electron chi connectivity index (χ3n) is 1.57. The highest BCUT2D eigenvalue weighted by molar-refractivity contribution is 5.28. The predicted octanol–water partition coefficient (Wildman–Crippen LogP) is 2.11. The molecule has 0 radical (unpaired) electrons. The Bertz CT molecular complexity index is 284. The van der Waals surface area contributed by atoms with E-state index in [-0.39, 0.29) is 18.3 Å². The van der Waals surface area contributed by atoms with Crippen molar-refractivity contribution >= 4 is 0 Å². The van der Waals surface area contributed by atoms with Gasteiger partial charge in [-0.2, -0.15) is 0 Å². The summed E-state index contributed by atoms with van der Waals surface area (Å²) >= 11 is 0. The number of hydrogen-bond acceptors (Lipinski definition) is 2. The van der Waals surface area contributed by atoms with Crippen LogP contribution in [0.15, 0.2) is 18.2 Å². The van der Waals surface area contributed by atoms with Crippen molar-refractivity contribution in [1.82, 2.24) is 0 Å². The highest BCUT2D eigenvalue weighted by Crippen LogP contribution is 2.17. The standard InChI is InChI=1S/C10H13FO2/c1-7(2)13-9-4-3-8(6-12)10(11)5-9/h3-5,7,12H,6H2,1-2H3. The quantitative estimate of drug-likeness (QED) is 0.779. The molecule has 0 aromatic heterocycles. The Hall–Kier alpha value is -1.09. The van der Waals surface area contributed by atoms with Gasteiger partial charge in [0.05, 0.1) is 12.7 Å². The lowest BCUT2D eigenvalue weighted by atomic mass is 10.2. The first-order valence-corrected chi connectivity index (χ1v) is 4.19. The number of hydrogen-bond donors (Lipinski definition) is 1. The molecule has 3 heteroatoms. The van der Waals surface area contributed by atoms with E-state index in [0.29, 0.717) is 5.75 Å². The minimum Gasteiger partial charge on any atom is -0.491 e. The fourth-order valence-electron chi connectivity index (χ4n) is 1.00. The monoisotopic (exact) mass is 184 g/mol. The van der Waals surface area contributed by atoms with Gasteiger partial charge >= 0.3 is 0 Å². The molecule has 1 aromatic carbocycles. The van der Waals surface area contributed by atoms with Crippen LogP contribution in [0.25, 0.3) is 0 Å². The van der Waals surface area contributed by atoms with Gasteiger partial charge < -0.3 is 9.84 Å². The Balaban J connectivity index is 2.83. The summed E-state index contributed by atoms with van der Waals surface area (Å²) < 4.78 is 18.3. The zero-order valence-electron chi connectivity index (χ0n) is 7.75. The Kier molecular flexibility index (Phi) is 3.25. The van der Waals surface area contributed by atoms with Crippen molar-refractivity contribution in [2.24, 2.45) is 0 Å². The second kappa shape index (κ2) is 4.23. The molecule has 0 amide bonds. The first-order chi connectivity index (χ1) is 6.13. The number of halogens is 1. The van der Waals surface area contributed by atoms with Crippen LogP contribution in [0.4, 0.5) is 4.39 Å². The van der Waals surface area contributed by atoms with Crippen LogP contribution >= 0.6 is 0 Å². The van der Waals surface area contributed by atoms with Crippen molar-refractivity contribution in [3.8, 4) is 5.75 Å². The summed E-state index contributed by atoms with van der Waals surface area (Å²) in [7, 11) is 0. The Morgan fingerprint density at radius 2 is 2.15 bits per heavy atom. The predicted molar refractivity (Wildman–Crippen MR) is 48.1 cm³/mol. The molecule has 1 N–H and O–H groups in total. The Labute approximate surface area is 77.0 Å². The zero-order chi connectivity index (χ0) is 9.84. The highest BCUT2D eigenvalue weighted by atomic mass is 19.1. The van der Waals surface area contributed by atoms with Crippen LogP contribution in [0.1, 0.15) is 19.4 Å². The molecule has 1 aromatic rings. The number of aliphatic hydroxyl groups is 1. The third-order valence-corrected chi connectivity index (χ3v) is 1.57. The Morgan fingerprint density at radius 1 is 1.46 bits per heavy atom. The van der Waals surface area contributed by atoms with E-state index >= 15 is 0 Å². The minimum absolute atomic E-state index is 0.0272. The van der Waals surface area contributed by atoms with Crippen molar-refractivity contribution in [3.05, 3.63) is 29.6 Å². The number of benzene rings is 1. The maximum atomic E-state index is 13.1. The molecule has 0 bridgehead atoms. The molecule has 72 valence electrons. The van der Waals surface area contributed by atoms with Crippen LogP contribution in [0.2, 0.25) is 0 Å². The molecule has 13 heavy (non-hydrogen) atoms. The lowest BCUT2D eigenvalue weighted by molar-refractivity contribution is 0.240. The Morgan fingerprint density at radius 3 is 2.62 bits per heavy atom. The van der Waals surface area contributed by atoms with Gasteiger partial charge in [0.15, 0.2) is 0 Å². The van der Waals surface area contributed by atoms with Crippen LogP contribution in [0.3, 0.4) is 0 Å². The van der Waals surface area contributed by atoms with E-state index in [0.717, 1.165) is 0 Å². The summed E-state index contributed by atoms with van der Waals surface area (Å²) in [5.74, 6) is 0.0605. The maximum absolute atomic E-state index is 13.1. The summed E-state index contributed by atoms with van der Waals surface area (Å²) in [6, 6.07) is 4.45. The topological polar surface area (TPSA) is 29.5 Å². The summed E-state index contributed by atoms with van der Waals surface area (Å²) in [5.41, 5.74) is 0.288. The van der Waals surface area contributed by atoms with Crippen molar-refractivity contribution < 1.29 is 14.2 Å². The molecule has 0 saturated carbocycles. The lowest BCUT2D eigenvalue weighted by Crippen LogP contribution is -2.06. The molecule has 0 heterocycles. The van der Waals surface area contributed by atoms with Crippen LogP contribution in [-0.4, -0.2) is 11.2 Å².